The molecular weight excluding hydrogens is 344 g/mol. The SMILES string of the molecule is Nc1ccc(SCCC(=O)Nc2ccc(Oc3ccccc3)cc2)cc1. The van der Waals surface area contributed by atoms with Crippen LogP contribution in [-0.2, 0) is 4.79 Å². The summed E-state index contributed by atoms with van der Waals surface area (Å²) in [5.74, 6) is 2.21. The Bertz CT molecular complexity index is 834. The maximum atomic E-state index is 12.1. The van der Waals surface area contributed by atoms with Gasteiger partial charge in [0.25, 0.3) is 0 Å². The second-order valence-corrected chi connectivity index (χ2v) is 6.82. The van der Waals surface area contributed by atoms with Crippen molar-refractivity contribution in [2.24, 2.45) is 0 Å². The molecule has 0 saturated carbocycles. The van der Waals surface area contributed by atoms with Gasteiger partial charge in [-0.05, 0) is 60.7 Å². The first kappa shape index (κ1) is 17.9. The molecule has 0 aliphatic carbocycles. The van der Waals surface area contributed by atoms with Gasteiger partial charge in [-0.3, -0.25) is 4.79 Å². The van der Waals surface area contributed by atoms with E-state index >= 15 is 0 Å². The fourth-order valence-electron chi connectivity index (χ4n) is 2.28. The Hall–Kier alpha value is -2.92. The van der Waals surface area contributed by atoms with Gasteiger partial charge < -0.3 is 15.8 Å². The van der Waals surface area contributed by atoms with Gasteiger partial charge in [-0.2, -0.15) is 0 Å². The topological polar surface area (TPSA) is 64.4 Å². The minimum Gasteiger partial charge on any atom is -0.457 e. The van der Waals surface area contributed by atoms with Crippen LogP contribution in [0.3, 0.4) is 0 Å². The Balaban J connectivity index is 1.44. The first-order valence-electron chi connectivity index (χ1n) is 8.30. The second kappa shape index (κ2) is 8.97. The summed E-state index contributed by atoms with van der Waals surface area (Å²) < 4.78 is 5.74. The molecule has 0 aliphatic rings. The summed E-state index contributed by atoms with van der Waals surface area (Å²) in [6, 6.07) is 24.6. The number of thioether (sulfide) groups is 1. The molecule has 132 valence electrons. The van der Waals surface area contributed by atoms with E-state index in [1.165, 1.54) is 0 Å². The number of carbonyl (C=O) groups is 1. The van der Waals surface area contributed by atoms with Crippen molar-refractivity contribution >= 4 is 29.0 Å². The van der Waals surface area contributed by atoms with Crippen molar-refractivity contribution in [1.29, 1.82) is 0 Å². The van der Waals surface area contributed by atoms with E-state index in [4.69, 9.17) is 10.5 Å². The molecule has 0 aliphatic heterocycles. The number of hydrogen-bond donors (Lipinski definition) is 2. The molecule has 0 atom stereocenters. The van der Waals surface area contributed by atoms with Crippen molar-refractivity contribution in [2.45, 2.75) is 11.3 Å². The van der Waals surface area contributed by atoms with E-state index in [1.54, 1.807) is 11.8 Å². The molecule has 0 radical (unpaired) electrons. The fourth-order valence-corrected chi connectivity index (χ4v) is 3.13. The van der Waals surface area contributed by atoms with Crippen LogP contribution in [0.15, 0.2) is 83.8 Å². The standard InChI is InChI=1S/C21H20N2O2S/c22-16-6-12-20(13-7-16)26-15-14-21(24)23-17-8-10-19(11-9-17)25-18-4-2-1-3-5-18/h1-13H,14-15,22H2,(H,23,24). The Labute approximate surface area is 157 Å². The maximum absolute atomic E-state index is 12.1. The number of nitrogens with one attached hydrogen (secondary N) is 1. The van der Waals surface area contributed by atoms with E-state index in [-0.39, 0.29) is 5.91 Å². The molecule has 26 heavy (non-hydrogen) atoms. The van der Waals surface area contributed by atoms with Gasteiger partial charge in [-0.15, -0.1) is 11.8 Å². The third kappa shape index (κ3) is 5.57. The van der Waals surface area contributed by atoms with Crippen molar-refractivity contribution in [3.63, 3.8) is 0 Å². The minimum absolute atomic E-state index is 0.00956. The highest BCUT2D eigenvalue weighted by Crippen LogP contribution is 2.23. The lowest BCUT2D eigenvalue weighted by atomic mass is 10.3. The smallest absolute Gasteiger partial charge is 0.225 e. The second-order valence-electron chi connectivity index (χ2n) is 5.66. The molecule has 0 saturated heterocycles. The molecule has 0 bridgehead atoms. The number of carbonyl (C=O) groups excluding carboxylic acids is 1. The van der Waals surface area contributed by atoms with Crippen LogP contribution in [0.5, 0.6) is 11.5 Å². The van der Waals surface area contributed by atoms with Gasteiger partial charge in [0.15, 0.2) is 0 Å². The van der Waals surface area contributed by atoms with Gasteiger partial charge >= 0.3 is 0 Å². The van der Waals surface area contributed by atoms with Crippen LogP contribution in [-0.4, -0.2) is 11.7 Å². The Morgan fingerprint density at radius 1 is 0.885 bits per heavy atom. The summed E-state index contributed by atoms with van der Waals surface area (Å²) in [6.45, 7) is 0. The first-order valence-corrected chi connectivity index (χ1v) is 9.29. The molecule has 0 fully saturated rings. The zero-order chi connectivity index (χ0) is 18.2. The molecule has 0 spiro atoms. The van der Waals surface area contributed by atoms with Crippen LogP contribution >= 0.6 is 11.8 Å². The van der Waals surface area contributed by atoms with E-state index in [0.717, 1.165) is 27.8 Å². The predicted octanol–water partition coefficient (Wildman–Crippen LogP) is 5.18. The molecule has 3 aromatic carbocycles. The van der Waals surface area contributed by atoms with Gasteiger partial charge in [0.2, 0.25) is 5.91 Å². The monoisotopic (exact) mass is 364 g/mol. The van der Waals surface area contributed by atoms with Crippen molar-refractivity contribution < 1.29 is 9.53 Å². The van der Waals surface area contributed by atoms with Crippen LogP contribution < -0.4 is 15.8 Å². The van der Waals surface area contributed by atoms with E-state index in [1.807, 2.05) is 78.9 Å². The third-order valence-corrected chi connectivity index (χ3v) is 4.61. The van der Waals surface area contributed by atoms with Gasteiger partial charge in [0.1, 0.15) is 11.5 Å². The first-order chi connectivity index (χ1) is 12.7. The van der Waals surface area contributed by atoms with Gasteiger partial charge in [-0.25, -0.2) is 0 Å². The average molecular weight is 364 g/mol. The lowest BCUT2D eigenvalue weighted by molar-refractivity contribution is -0.115. The molecular formula is C21H20N2O2S. The molecule has 5 heteroatoms. The number of nitrogens with two attached hydrogens (primary N) is 1. The van der Waals surface area contributed by atoms with Crippen molar-refractivity contribution in [3.8, 4) is 11.5 Å². The summed E-state index contributed by atoms with van der Waals surface area (Å²) in [5.41, 5.74) is 7.16. The highest BCUT2D eigenvalue weighted by Gasteiger charge is 2.04. The normalized spacial score (nSPS) is 10.3. The zero-order valence-electron chi connectivity index (χ0n) is 14.2. The molecule has 0 aromatic heterocycles. The van der Waals surface area contributed by atoms with Crippen molar-refractivity contribution in [1.82, 2.24) is 0 Å². The maximum Gasteiger partial charge on any atom is 0.225 e. The number of para-hydroxylation sites is 1. The van der Waals surface area contributed by atoms with Crippen molar-refractivity contribution in [3.05, 3.63) is 78.9 Å². The van der Waals surface area contributed by atoms with E-state index in [0.29, 0.717) is 12.2 Å². The summed E-state index contributed by atoms with van der Waals surface area (Å²) in [5, 5.41) is 2.90. The van der Waals surface area contributed by atoms with Crippen LogP contribution in [0.25, 0.3) is 0 Å². The Morgan fingerprint density at radius 2 is 1.54 bits per heavy atom. The molecule has 0 unspecified atom stereocenters. The number of anilines is 2. The van der Waals surface area contributed by atoms with Crippen LogP contribution in [0.2, 0.25) is 0 Å². The van der Waals surface area contributed by atoms with E-state index in [9.17, 15) is 4.79 Å². The van der Waals surface area contributed by atoms with E-state index in [2.05, 4.69) is 5.32 Å². The van der Waals surface area contributed by atoms with Gasteiger partial charge in [-0.1, -0.05) is 18.2 Å². The Kier molecular flexibility index (Phi) is 6.17. The number of ether oxygens (including phenoxy) is 1. The summed E-state index contributed by atoms with van der Waals surface area (Å²) >= 11 is 1.64. The summed E-state index contributed by atoms with van der Waals surface area (Å²) in [6.07, 6.45) is 0.442. The molecule has 3 N–H and O–H groups in total. The molecule has 4 nitrogen and oxygen atoms in total. The Morgan fingerprint density at radius 3 is 2.23 bits per heavy atom. The average Bonchev–Trinajstić information content (AvgIpc) is 2.66. The number of benzene rings is 3. The quantitative estimate of drug-likeness (QED) is 0.448. The predicted molar refractivity (Wildman–Crippen MR) is 108 cm³/mol. The zero-order valence-corrected chi connectivity index (χ0v) is 15.0. The number of rotatable bonds is 7. The highest BCUT2D eigenvalue weighted by atomic mass is 32.2. The summed E-state index contributed by atoms with van der Waals surface area (Å²) in [4.78, 5) is 13.2. The fraction of sp³-hybridized carbons (Fsp3) is 0.0952. The van der Waals surface area contributed by atoms with E-state index < -0.39 is 0 Å². The van der Waals surface area contributed by atoms with Gasteiger partial charge in [0.05, 0.1) is 0 Å². The molecule has 1 amide bonds. The lowest BCUT2D eigenvalue weighted by Gasteiger charge is -2.08. The molecule has 0 heterocycles. The highest BCUT2D eigenvalue weighted by molar-refractivity contribution is 7.99. The van der Waals surface area contributed by atoms with Gasteiger partial charge in [0, 0.05) is 28.4 Å². The number of nitrogen functional groups attached to an aromatic ring is 1. The number of hydrogen-bond acceptors (Lipinski definition) is 4. The molecule has 3 aromatic rings. The molecule has 3 rings (SSSR count). The van der Waals surface area contributed by atoms with Crippen LogP contribution in [0.1, 0.15) is 6.42 Å². The largest absolute Gasteiger partial charge is 0.457 e. The summed E-state index contributed by atoms with van der Waals surface area (Å²) in [7, 11) is 0. The van der Waals surface area contributed by atoms with Crippen LogP contribution in [0, 0.1) is 0 Å². The lowest BCUT2D eigenvalue weighted by Crippen LogP contribution is -2.12. The minimum atomic E-state index is -0.00956. The van der Waals surface area contributed by atoms with Crippen LogP contribution in [0.4, 0.5) is 11.4 Å². The third-order valence-electron chi connectivity index (χ3n) is 3.59. The van der Waals surface area contributed by atoms with Crippen molar-refractivity contribution in [2.75, 3.05) is 16.8 Å². The number of amides is 1.